The summed E-state index contributed by atoms with van der Waals surface area (Å²) in [5, 5.41) is 0.897. The van der Waals surface area contributed by atoms with Gasteiger partial charge in [0, 0.05) is 15.7 Å². The molecule has 0 radical (unpaired) electrons. The zero-order chi connectivity index (χ0) is 14.8. The van der Waals surface area contributed by atoms with Gasteiger partial charge in [-0.1, -0.05) is 29.8 Å². The van der Waals surface area contributed by atoms with Crippen LogP contribution >= 0.6 is 23.4 Å². The number of carbonyl (C=O) groups is 1. The molecule has 1 atom stereocenters. The fourth-order valence-corrected chi connectivity index (χ4v) is 3.82. The third-order valence-corrected chi connectivity index (χ3v) is 5.06. The lowest BCUT2D eigenvalue weighted by molar-refractivity contribution is 0.101. The Kier molecular flexibility index (Phi) is 4.22. The molecule has 0 aliphatic carbocycles. The molecule has 1 aliphatic rings. The van der Waals surface area contributed by atoms with E-state index in [4.69, 9.17) is 16.3 Å². The van der Waals surface area contributed by atoms with Crippen molar-refractivity contribution in [3.05, 3.63) is 58.6 Å². The van der Waals surface area contributed by atoms with Crippen molar-refractivity contribution < 1.29 is 9.53 Å². The number of carbonyl (C=O) groups excluding carboxylic acids is 1. The van der Waals surface area contributed by atoms with Gasteiger partial charge in [0.1, 0.15) is 12.4 Å². The van der Waals surface area contributed by atoms with Crippen LogP contribution in [0.2, 0.25) is 5.02 Å². The first-order chi connectivity index (χ1) is 10.1. The number of Topliss-reactive ketones (excluding diaryl/α,β-unsaturated/α-hetero) is 1. The highest BCUT2D eigenvalue weighted by Crippen LogP contribution is 2.37. The number of hydrogen-bond donors (Lipinski definition) is 0. The summed E-state index contributed by atoms with van der Waals surface area (Å²) in [6.45, 7) is 2.14. The maximum absolute atomic E-state index is 11.3. The van der Waals surface area contributed by atoms with Crippen LogP contribution in [-0.4, -0.2) is 17.6 Å². The van der Waals surface area contributed by atoms with Crippen molar-refractivity contribution in [2.75, 3.05) is 6.61 Å². The largest absolute Gasteiger partial charge is 0.491 e. The highest BCUT2D eigenvalue weighted by Gasteiger charge is 2.22. The molecule has 2 aromatic rings. The number of thioether (sulfide) groups is 1. The van der Waals surface area contributed by atoms with E-state index in [0.29, 0.717) is 28.2 Å². The second-order valence-electron chi connectivity index (χ2n) is 5.06. The summed E-state index contributed by atoms with van der Waals surface area (Å²) in [5.74, 6) is 0.642. The Balaban J connectivity index is 1.63. The molecule has 2 aromatic carbocycles. The number of ketones is 1. The Morgan fingerprint density at radius 2 is 2.14 bits per heavy atom. The van der Waals surface area contributed by atoms with E-state index >= 15 is 0 Å². The number of benzene rings is 2. The van der Waals surface area contributed by atoms with Gasteiger partial charge in [-0.15, -0.1) is 11.8 Å². The van der Waals surface area contributed by atoms with E-state index in [1.165, 1.54) is 17.4 Å². The van der Waals surface area contributed by atoms with Crippen LogP contribution in [0.5, 0.6) is 5.75 Å². The Morgan fingerprint density at radius 3 is 2.86 bits per heavy atom. The molecule has 0 bridgehead atoms. The van der Waals surface area contributed by atoms with Gasteiger partial charge < -0.3 is 4.74 Å². The zero-order valence-electron chi connectivity index (χ0n) is 11.6. The van der Waals surface area contributed by atoms with Crippen molar-refractivity contribution in [2.24, 2.45) is 0 Å². The molecule has 4 heteroatoms. The van der Waals surface area contributed by atoms with Crippen molar-refractivity contribution in [2.45, 2.75) is 23.5 Å². The van der Waals surface area contributed by atoms with Gasteiger partial charge in [0.15, 0.2) is 5.78 Å². The van der Waals surface area contributed by atoms with Crippen LogP contribution in [0.25, 0.3) is 0 Å². The fourth-order valence-electron chi connectivity index (χ4n) is 2.37. The number of halogens is 1. The molecule has 0 fully saturated rings. The van der Waals surface area contributed by atoms with Crippen molar-refractivity contribution in [1.82, 2.24) is 0 Å². The predicted octanol–water partition coefficient (Wildman–Crippen LogP) is 4.64. The Morgan fingerprint density at radius 1 is 1.33 bits per heavy atom. The molecule has 0 saturated carbocycles. The molecular formula is C17H15ClO2S. The van der Waals surface area contributed by atoms with Gasteiger partial charge in [0.05, 0.1) is 5.02 Å². The Hall–Kier alpha value is -1.45. The summed E-state index contributed by atoms with van der Waals surface area (Å²) in [5.41, 5.74) is 1.99. The molecule has 3 rings (SSSR count). The van der Waals surface area contributed by atoms with Crippen molar-refractivity contribution in [3.8, 4) is 5.75 Å². The minimum atomic E-state index is 0.00486. The summed E-state index contributed by atoms with van der Waals surface area (Å²) in [7, 11) is 0. The third-order valence-electron chi connectivity index (χ3n) is 3.48. The average Bonchev–Trinajstić information content (AvgIpc) is 2.88. The molecular weight excluding hydrogens is 304 g/mol. The monoisotopic (exact) mass is 318 g/mol. The first kappa shape index (κ1) is 14.5. The minimum absolute atomic E-state index is 0.00486. The Bertz CT molecular complexity index is 659. The van der Waals surface area contributed by atoms with Crippen LogP contribution in [-0.2, 0) is 6.42 Å². The van der Waals surface area contributed by atoms with Gasteiger partial charge in [0.2, 0.25) is 0 Å². The van der Waals surface area contributed by atoms with Gasteiger partial charge in [-0.25, -0.2) is 0 Å². The van der Waals surface area contributed by atoms with E-state index in [1.807, 2.05) is 11.8 Å². The van der Waals surface area contributed by atoms with E-state index in [0.717, 1.165) is 6.42 Å². The highest BCUT2D eigenvalue weighted by atomic mass is 35.5. The molecule has 0 aromatic heterocycles. The zero-order valence-corrected chi connectivity index (χ0v) is 13.2. The van der Waals surface area contributed by atoms with Gasteiger partial charge >= 0.3 is 0 Å². The molecule has 108 valence electrons. The summed E-state index contributed by atoms with van der Waals surface area (Å²) < 4.78 is 5.82. The number of ether oxygens (including phenoxy) is 1. The van der Waals surface area contributed by atoms with E-state index in [-0.39, 0.29) is 5.78 Å². The first-order valence-electron chi connectivity index (χ1n) is 6.81. The van der Waals surface area contributed by atoms with Crippen LogP contribution in [0, 0.1) is 0 Å². The molecule has 0 amide bonds. The Labute approximate surface area is 133 Å². The molecule has 2 nitrogen and oxygen atoms in total. The number of rotatable bonds is 4. The highest BCUT2D eigenvalue weighted by molar-refractivity contribution is 8.00. The SMILES string of the molecule is CC(=O)c1ccc(OCC2Cc3ccccc3S2)c(Cl)c1. The molecule has 0 saturated heterocycles. The lowest BCUT2D eigenvalue weighted by atomic mass is 10.1. The predicted molar refractivity (Wildman–Crippen MR) is 86.7 cm³/mol. The van der Waals surface area contributed by atoms with E-state index in [1.54, 1.807) is 18.2 Å². The second kappa shape index (κ2) is 6.12. The molecule has 21 heavy (non-hydrogen) atoms. The van der Waals surface area contributed by atoms with Crippen LogP contribution in [0.3, 0.4) is 0 Å². The smallest absolute Gasteiger partial charge is 0.159 e. The quantitative estimate of drug-likeness (QED) is 0.768. The first-order valence-corrected chi connectivity index (χ1v) is 8.07. The summed E-state index contributed by atoms with van der Waals surface area (Å²) in [4.78, 5) is 12.6. The van der Waals surface area contributed by atoms with Gasteiger partial charge in [-0.05, 0) is 43.2 Å². The minimum Gasteiger partial charge on any atom is -0.491 e. The van der Waals surface area contributed by atoms with Crippen LogP contribution in [0.1, 0.15) is 22.8 Å². The third kappa shape index (κ3) is 3.25. The summed E-state index contributed by atoms with van der Waals surface area (Å²) >= 11 is 8.01. The van der Waals surface area contributed by atoms with Crippen molar-refractivity contribution in [3.63, 3.8) is 0 Å². The van der Waals surface area contributed by atoms with E-state index in [2.05, 4.69) is 24.3 Å². The summed E-state index contributed by atoms with van der Waals surface area (Å²) in [6.07, 6.45) is 1.02. The van der Waals surface area contributed by atoms with E-state index < -0.39 is 0 Å². The fraction of sp³-hybridized carbons (Fsp3) is 0.235. The van der Waals surface area contributed by atoms with Crippen LogP contribution in [0.15, 0.2) is 47.4 Å². The second-order valence-corrected chi connectivity index (χ2v) is 6.81. The lowest BCUT2D eigenvalue weighted by Crippen LogP contribution is -2.13. The maximum Gasteiger partial charge on any atom is 0.159 e. The van der Waals surface area contributed by atoms with Crippen LogP contribution < -0.4 is 4.74 Å². The maximum atomic E-state index is 11.3. The summed E-state index contributed by atoms with van der Waals surface area (Å²) in [6, 6.07) is 13.6. The lowest BCUT2D eigenvalue weighted by Gasteiger charge is -2.12. The number of hydrogen-bond acceptors (Lipinski definition) is 3. The molecule has 1 heterocycles. The normalized spacial score (nSPS) is 16.6. The van der Waals surface area contributed by atoms with Gasteiger partial charge in [0.25, 0.3) is 0 Å². The standard InChI is InChI=1S/C17H15ClO2S/c1-11(19)12-6-7-16(15(18)9-12)20-10-14-8-13-4-2-3-5-17(13)21-14/h2-7,9,14H,8,10H2,1H3. The molecule has 1 unspecified atom stereocenters. The van der Waals surface area contributed by atoms with Gasteiger partial charge in [-0.3, -0.25) is 4.79 Å². The molecule has 0 N–H and O–H groups in total. The molecule has 1 aliphatic heterocycles. The molecule has 0 spiro atoms. The topological polar surface area (TPSA) is 26.3 Å². The average molecular weight is 319 g/mol. The van der Waals surface area contributed by atoms with Crippen LogP contribution in [0.4, 0.5) is 0 Å². The van der Waals surface area contributed by atoms with Gasteiger partial charge in [-0.2, -0.15) is 0 Å². The van der Waals surface area contributed by atoms with E-state index in [9.17, 15) is 4.79 Å². The number of fused-ring (bicyclic) bond motifs is 1. The van der Waals surface area contributed by atoms with Crippen molar-refractivity contribution >= 4 is 29.1 Å². The van der Waals surface area contributed by atoms with Crippen molar-refractivity contribution in [1.29, 1.82) is 0 Å².